The summed E-state index contributed by atoms with van der Waals surface area (Å²) in [5, 5.41) is 8.82. The summed E-state index contributed by atoms with van der Waals surface area (Å²) in [7, 11) is -0.308. The van der Waals surface area contributed by atoms with Crippen LogP contribution in [-0.4, -0.2) is 12.5 Å². The Morgan fingerprint density at radius 3 is 2.38 bits per heavy atom. The summed E-state index contributed by atoms with van der Waals surface area (Å²) in [6.45, 7) is 0. The Bertz CT molecular complexity index is 474. The fraction of sp³-hybridized carbons (Fsp3) is 0. The largest absolute Gasteiger partial charge is 0.457 e. The van der Waals surface area contributed by atoms with Crippen LogP contribution in [0.15, 0.2) is 48.5 Å². The first-order chi connectivity index (χ1) is 7.79. The maximum absolute atomic E-state index is 13.3. The molecule has 4 heteroatoms. The molecule has 80 valence electrons. The topological polar surface area (TPSA) is 29.5 Å². The van der Waals surface area contributed by atoms with E-state index in [1.165, 1.54) is 12.1 Å². The number of para-hydroxylation sites is 1. The molecule has 0 heterocycles. The highest BCUT2D eigenvalue weighted by atomic mass is 19.1. The Morgan fingerprint density at radius 1 is 1.00 bits per heavy atom. The first kappa shape index (κ1) is 10.7. The number of halogens is 1. The molecule has 16 heavy (non-hydrogen) atoms. The summed E-state index contributed by atoms with van der Waals surface area (Å²) in [4.78, 5) is 0. The van der Waals surface area contributed by atoms with Crippen LogP contribution in [-0.2, 0) is 0 Å². The van der Waals surface area contributed by atoms with E-state index in [2.05, 4.69) is 0 Å². The molecule has 0 aliphatic heterocycles. The lowest BCUT2D eigenvalue weighted by Crippen LogP contribution is -2.17. The summed E-state index contributed by atoms with van der Waals surface area (Å²) >= 11 is 0. The van der Waals surface area contributed by atoms with Crippen molar-refractivity contribution < 1.29 is 14.2 Å². The van der Waals surface area contributed by atoms with Gasteiger partial charge >= 0.3 is 7.48 Å². The van der Waals surface area contributed by atoms with Gasteiger partial charge in [-0.2, -0.15) is 0 Å². The van der Waals surface area contributed by atoms with Crippen LogP contribution in [0.1, 0.15) is 0 Å². The van der Waals surface area contributed by atoms with Crippen molar-refractivity contribution in [2.45, 2.75) is 0 Å². The van der Waals surface area contributed by atoms with Crippen molar-refractivity contribution in [3.63, 3.8) is 0 Å². The Kier molecular flexibility index (Phi) is 3.22. The molecule has 1 N–H and O–H groups in total. The van der Waals surface area contributed by atoms with E-state index in [1.54, 1.807) is 18.2 Å². The van der Waals surface area contributed by atoms with E-state index < -0.39 is 5.82 Å². The maximum atomic E-state index is 13.3. The predicted octanol–water partition coefficient (Wildman–Crippen LogP) is 1.59. The number of rotatable bonds is 3. The molecule has 2 rings (SSSR count). The summed E-state index contributed by atoms with van der Waals surface area (Å²) in [6.07, 6.45) is 0. The van der Waals surface area contributed by atoms with E-state index in [9.17, 15) is 4.39 Å². The van der Waals surface area contributed by atoms with Crippen molar-refractivity contribution in [2.75, 3.05) is 0 Å². The molecular formula is C12H10BFO2. The van der Waals surface area contributed by atoms with Crippen LogP contribution in [0.4, 0.5) is 4.39 Å². The number of hydrogen-bond acceptors (Lipinski definition) is 2. The molecule has 0 saturated heterocycles. The summed E-state index contributed by atoms with van der Waals surface area (Å²) in [6, 6.07) is 13.5. The van der Waals surface area contributed by atoms with Gasteiger partial charge in [-0.25, -0.2) is 4.39 Å². The molecule has 2 aromatic rings. The van der Waals surface area contributed by atoms with E-state index in [0.717, 1.165) is 0 Å². The van der Waals surface area contributed by atoms with Gasteiger partial charge < -0.3 is 9.76 Å². The van der Waals surface area contributed by atoms with Gasteiger partial charge in [0.1, 0.15) is 17.3 Å². The lowest BCUT2D eigenvalue weighted by Gasteiger charge is -2.06. The van der Waals surface area contributed by atoms with Gasteiger partial charge in [-0.15, -0.1) is 0 Å². The predicted molar refractivity (Wildman–Crippen MR) is 61.9 cm³/mol. The van der Waals surface area contributed by atoms with Crippen molar-refractivity contribution >= 4 is 12.9 Å². The van der Waals surface area contributed by atoms with E-state index in [-0.39, 0.29) is 12.9 Å². The van der Waals surface area contributed by atoms with Gasteiger partial charge in [0.05, 0.1) is 0 Å². The number of hydrogen-bond donors (Lipinski definition) is 1. The summed E-state index contributed by atoms with van der Waals surface area (Å²) < 4.78 is 18.8. The molecular weight excluding hydrogens is 206 g/mol. The third-order valence-corrected chi connectivity index (χ3v) is 2.17. The zero-order valence-corrected chi connectivity index (χ0v) is 8.56. The Morgan fingerprint density at radius 2 is 1.75 bits per heavy atom. The first-order valence-corrected chi connectivity index (χ1v) is 4.92. The third-order valence-electron chi connectivity index (χ3n) is 2.17. The van der Waals surface area contributed by atoms with Gasteiger partial charge in [-0.05, 0) is 23.7 Å². The average Bonchev–Trinajstić information content (AvgIpc) is 2.31. The van der Waals surface area contributed by atoms with Gasteiger partial charge in [-0.1, -0.05) is 24.3 Å². The maximum Gasteiger partial charge on any atom is 0.307 e. The normalized spacial score (nSPS) is 9.88. The average molecular weight is 216 g/mol. The smallest absolute Gasteiger partial charge is 0.307 e. The second-order valence-electron chi connectivity index (χ2n) is 3.33. The van der Waals surface area contributed by atoms with Crippen molar-refractivity contribution in [1.29, 1.82) is 0 Å². The van der Waals surface area contributed by atoms with E-state index in [4.69, 9.17) is 9.76 Å². The second-order valence-corrected chi connectivity index (χ2v) is 3.33. The number of benzene rings is 2. The fourth-order valence-electron chi connectivity index (χ4n) is 1.34. The van der Waals surface area contributed by atoms with Gasteiger partial charge in [0, 0.05) is 6.07 Å². The Hall–Kier alpha value is -1.81. The van der Waals surface area contributed by atoms with Crippen LogP contribution in [0.5, 0.6) is 11.5 Å². The van der Waals surface area contributed by atoms with Gasteiger partial charge in [0.2, 0.25) is 0 Å². The van der Waals surface area contributed by atoms with E-state index >= 15 is 0 Å². The van der Waals surface area contributed by atoms with Crippen LogP contribution in [0.2, 0.25) is 0 Å². The highest BCUT2D eigenvalue weighted by Gasteiger charge is 2.04. The van der Waals surface area contributed by atoms with Gasteiger partial charge in [0.15, 0.2) is 0 Å². The quantitative estimate of drug-likeness (QED) is 0.789. The zero-order chi connectivity index (χ0) is 11.4. The molecule has 0 spiro atoms. The molecule has 0 unspecified atom stereocenters. The van der Waals surface area contributed by atoms with Crippen molar-refractivity contribution in [2.24, 2.45) is 0 Å². The number of ether oxygens (including phenoxy) is 1. The summed E-state index contributed by atoms with van der Waals surface area (Å²) in [5.74, 6) is 0.607. The minimum atomic E-state index is -0.462. The lowest BCUT2D eigenvalue weighted by atomic mass is 9.88. The highest BCUT2D eigenvalue weighted by molar-refractivity contribution is 6.45. The first-order valence-electron chi connectivity index (χ1n) is 4.92. The molecule has 0 amide bonds. The minimum absolute atomic E-state index is 0.264. The van der Waals surface area contributed by atoms with Crippen molar-refractivity contribution in [3.8, 4) is 11.5 Å². The molecule has 0 saturated carbocycles. The third kappa shape index (κ3) is 2.41. The molecule has 0 aromatic heterocycles. The van der Waals surface area contributed by atoms with Crippen LogP contribution in [0.25, 0.3) is 0 Å². The molecule has 0 aliphatic rings. The van der Waals surface area contributed by atoms with E-state index in [0.29, 0.717) is 11.5 Å². The molecule has 2 nitrogen and oxygen atoms in total. The second kappa shape index (κ2) is 4.81. The molecule has 0 fully saturated rings. The molecule has 2 aromatic carbocycles. The van der Waals surface area contributed by atoms with E-state index in [1.807, 2.05) is 18.2 Å². The van der Waals surface area contributed by atoms with Crippen LogP contribution in [0.3, 0.4) is 0 Å². The van der Waals surface area contributed by atoms with Gasteiger partial charge in [0.25, 0.3) is 0 Å². The molecule has 0 atom stereocenters. The van der Waals surface area contributed by atoms with Crippen molar-refractivity contribution in [3.05, 3.63) is 54.3 Å². The fourth-order valence-corrected chi connectivity index (χ4v) is 1.34. The van der Waals surface area contributed by atoms with Gasteiger partial charge in [-0.3, -0.25) is 0 Å². The molecule has 0 radical (unpaired) electrons. The van der Waals surface area contributed by atoms with Crippen LogP contribution < -0.4 is 10.2 Å². The SMILES string of the molecule is OBc1ccc(Oc2ccccc2)cc1F. The van der Waals surface area contributed by atoms with Crippen LogP contribution in [0, 0.1) is 5.82 Å². The minimum Gasteiger partial charge on any atom is -0.457 e. The summed E-state index contributed by atoms with van der Waals surface area (Å²) in [5.41, 5.74) is 0.264. The lowest BCUT2D eigenvalue weighted by molar-refractivity contribution is 0.477. The van der Waals surface area contributed by atoms with Crippen molar-refractivity contribution in [1.82, 2.24) is 0 Å². The van der Waals surface area contributed by atoms with Crippen LogP contribution >= 0.6 is 0 Å². The monoisotopic (exact) mass is 216 g/mol. The zero-order valence-electron chi connectivity index (χ0n) is 8.56. The standard InChI is InChI=1S/C12H10BFO2/c14-12-8-10(6-7-11(12)13-15)16-9-4-2-1-3-5-9/h1-8,13,15H. The molecule has 0 bridgehead atoms. The Labute approximate surface area is 93.6 Å². The highest BCUT2D eigenvalue weighted by Crippen LogP contribution is 2.20. The Balaban J connectivity index is 2.20. The molecule has 0 aliphatic carbocycles.